The van der Waals surface area contributed by atoms with Gasteiger partial charge < -0.3 is 9.84 Å². The lowest BCUT2D eigenvalue weighted by molar-refractivity contribution is -0.385. The molecule has 0 aliphatic carbocycles. The second kappa shape index (κ2) is 5.92. The van der Waals surface area contributed by atoms with Crippen LogP contribution in [0.3, 0.4) is 0 Å². The number of hydrogen-bond acceptors (Lipinski definition) is 4. The number of rotatable bonds is 5. The first-order valence-corrected chi connectivity index (χ1v) is 5.89. The van der Waals surface area contributed by atoms with E-state index in [9.17, 15) is 19.6 Å². The number of ether oxygens (including phenoxy) is 1. The molecular formula is C10H11BrFNO4. The Kier molecular flexibility index (Phi) is 4.83. The Labute approximate surface area is 105 Å². The lowest BCUT2D eigenvalue weighted by Gasteiger charge is -2.11. The molecule has 0 heterocycles. The minimum atomic E-state index is -0.816. The fraction of sp³-hybridized carbons (Fsp3) is 0.400. The van der Waals surface area contributed by atoms with E-state index in [1.165, 1.54) is 13.0 Å². The van der Waals surface area contributed by atoms with Crippen molar-refractivity contribution in [3.05, 3.63) is 33.6 Å². The van der Waals surface area contributed by atoms with E-state index in [0.717, 1.165) is 6.07 Å². The van der Waals surface area contributed by atoms with Crippen LogP contribution in [0.25, 0.3) is 0 Å². The number of halogens is 2. The first-order valence-electron chi connectivity index (χ1n) is 4.77. The third kappa shape index (κ3) is 3.64. The van der Waals surface area contributed by atoms with Crippen molar-refractivity contribution in [3.63, 3.8) is 0 Å². The van der Waals surface area contributed by atoms with Gasteiger partial charge in [-0.3, -0.25) is 10.1 Å². The van der Waals surface area contributed by atoms with Gasteiger partial charge in [-0.25, -0.2) is 4.39 Å². The molecule has 0 aromatic heterocycles. The zero-order valence-corrected chi connectivity index (χ0v) is 10.6. The van der Waals surface area contributed by atoms with Crippen molar-refractivity contribution in [2.24, 2.45) is 0 Å². The maximum absolute atomic E-state index is 13.4. The summed E-state index contributed by atoms with van der Waals surface area (Å²) < 4.78 is 18.4. The summed E-state index contributed by atoms with van der Waals surface area (Å²) >= 11 is 3.04. The van der Waals surface area contributed by atoms with E-state index in [0.29, 0.717) is 10.9 Å². The van der Waals surface area contributed by atoms with Gasteiger partial charge in [0.25, 0.3) is 5.69 Å². The van der Waals surface area contributed by atoms with Crippen LogP contribution in [-0.2, 0) is 0 Å². The lowest BCUT2D eigenvalue weighted by Crippen LogP contribution is -2.19. The largest absolute Gasteiger partial charge is 0.488 e. The van der Waals surface area contributed by atoms with Gasteiger partial charge >= 0.3 is 0 Å². The molecule has 1 aromatic rings. The average Bonchev–Trinajstić information content (AvgIpc) is 2.28. The van der Waals surface area contributed by atoms with Crippen LogP contribution in [0, 0.1) is 22.9 Å². The van der Waals surface area contributed by atoms with Crippen LogP contribution in [0.5, 0.6) is 5.75 Å². The highest BCUT2D eigenvalue weighted by molar-refractivity contribution is 9.09. The number of alkyl halides is 1. The van der Waals surface area contributed by atoms with Crippen LogP contribution < -0.4 is 4.74 Å². The third-order valence-electron chi connectivity index (χ3n) is 2.06. The Balaban J connectivity index is 2.88. The minimum absolute atomic E-state index is 0.0839. The maximum atomic E-state index is 13.4. The topological polar surface area (TPSA) is 72.6 Å². The highest BCUT2D eigenvalue weighted by Crippen LogP contribution is 2.27. The molecule has 0 bridgehead atoms. The Bertz CT molecular complexity index is 427. The Morgan fingerprint density at radius 1 is 1.65 bits per heavy atom. The number of aliphatic hydroxyl groups is 1. The molecule has 0 amide bonds. The van der Waals surface area contributed by atoms with Crippen LogP contribution in [0.2, 0.25) is 0 Å². The summed E-state index contributed by atoms with van der Waals surface area (Å²) in [6.07, 6.45) is -0.759. The lowest BCUT2D eigenvalue weighted by atomic mass is 10.2. The van der Waals surface area contributed by atoms with E-state index < -0.39 is 16.8 Å². The van der Waals surface area contributed by atoms with Crippen LogP contribution in [0.15, 0.2) is 12.1 Å². The van der Waals surface area contributed by atoms with E-state index in [1.54, 1.807) is 0 Å². The van der Waals surface area contributed by atoms with E-state index in [4.69, 9.17) is 4.74 Å². The van der Waals surface area contributed by atoms with E-state index in [-0.39, 0.29) is 18.0 Å². The number of hydrogen-bond donors (Lipinski definition) is 1. The van der Waals surface area contributed by atoms with Crippen LogP contribution in [-0.4, -0.2) is 28.1 Å². The number of aryl methyl sites for hydroxylation is 1. The molecule has 1 aromatic carbocycles. The third-order valence-corrected chi connectivity index (χ3v) is 2.80. The quantitative estimate of drug-likeness (QED) is 0.514. The van der Waals surface area contributed by atoms with Gasteiger partial charge in [-0.2, -0.15) is 0 Å². The van der Waals surface area contributed by atoms with Gasteiger partial charge in [-0.05, 0) is 13.0 Å². The summed E-state index contributed by atoms with van der Waals surface area (Å²) in [5.41, 5.74) is 0.00984. The molecule has 0 aliphatic heterocycles. The van der Waals surface area contributed by atoms with Crippen molar-refractivity contribution >= 4 is 21.6 Å². The Hall–Kier alpha value is -1.21. The monoisotopic (exact) mass is 307 g/mol. The molecule has 0 radical (unpaired) electrons. The fourth-order valence-electron chi connectivity index (χ4n) is 1.18. The highest BCUT2D eigenvalue weighted by atomic mass is 79.9. The average molecular weight is 308 g/mol. The van der Waals surface area contributed by atoms with Gasteiger partial charge in [0.2, 0.25) is 0 Å². The van der Waals surface area contributed by atoms with Gasteiger partial charge in [0, 0.05) is 10.9 Å². The normalized spacial score (nSPS) is 12.2. The smallest absolute Gasteiger partial charge is 0.275 e. The summed E-state index contributed by atoms with van der Waals surface area (Å²) in [4.78, 5) is 9.89. The molecular weight excluding hydrogens is 297 g/mol. The maximum Gasteiger partial charge on any atom is 0.275 e. The summed E-state index contributed by atoms with van der Waals surface area (Å²) in [5, 5.41) is 20.1. The molecule has 94 valence electrons. The molecule has 0 saturated carbocycles. The fourth-order valence-corrected chi connectivity index (χ4v) is 1.37. The molecule has 7 heteroatoms. The number of nitro benzene ring substituents is 1. The first kappa shape index (κ1) is 13.9. The van der Waals surface area contributed by atoms with E-state index in [1.807, 2.05) is 0 Å². The molecule has 0 fully saturated rings. The van der Waals surface area contributed by atoms with Gasteiger partial charge in [-0.1, -0.05) is 15.9 Å². The standard InChI is InChI=1S/C10H11BrFNO4/c1-6-2-10(17-5-7(14)4-11)8(12)3-9(6)13(15)16/h2-3,7,14H,4-5H2,1H3. The van der Waals surface area contributed by atoms with E-state index >= 15 is 0 Å². The van der Waals surface area contributed by atoms with Gasteiger partial charge in [0.15, 0.2) is 11.6 Å². The van der Waals surface area contributed by atoms with Crippen LogP contribution in [0.1, 0.15) is 5.56 Å². The van der Waals surface area contributed by atoms with Gasteiger partial charge in [0.05, 0.1) is 17.1 Å². The molecule has 1 rings (SSSR count). The van der Waals surface area contributed by atoms with Gasteiger partial charge in [-0.15, -0.1) is 0 Å². The summed E-state index contributed by atoms with van der Waals surface area (Å²) in [7, 11) is 0. The molecule has 5 nitrogen and oxygen atoms in total. The number of nitro groups is 1. The summed E-state index contributed by atoms with van der Waals surface area (Å²) in [5.74, 6) is -0.919. The summed E-state index contributed by atoms with van der Waals surface area (Å²) in [6.45, 7) is 1.41. The molecule has 1 atom stereocenters. The van der Waals surface area contributed by atoms with Crippen molar-refractivity contribution in [1.82, 2.24) is 0 Å². The second-order valence-corrected chi connectivity index (χ2v) is 4.09. The zero-order valence-electron chi connectivity index (χ0n) is 9.02. The number of nitrogens with zero attached hydrogens (tertiary/aromatic N) is 1. The first-order chi connectivity index (χ1) is 7.95. The number of aliphatic hydroxyl groups excluding tert-OH is 1. The minimum Gasteiger partial charge on any atom is -0.488 e. The highest BCUT2D eigenvalue weighted by Gasteiger charge is 2.16. The zero-order chi connectivity index (χ0) is 13.0. The van der Waals surface area contributed by atoms with Crippen molar-refractivity contribution in [3.8, 4) is 5.75 Å². The molecule has 0 saturated heterocycles. The Morgan fingerprint density at radius 2 is 2.29 bits per heavy atom. The van der Waals surface area contributed by atoms with Crippen molar-refractivity contribution in [2.75, 3.05) is 11.9 Å². The molecule has 0 spiro atoms. The molecule has 17 heavy (non-hydrogen) atoms. The molecule has 0 aliphatic rings. The molecule has 1 unspecified atom stereocenters. The van der Waals surface area contributed by atoms with Crippen LogP contribution >= 0.6 is 15.9 Å². The predicted molar refractivity (Wildman–Crippen MR) is 63.1 cm³/mol. The van der Waals surface area contributed by atoms with Crippen molar-refractivity contribution in [2.45, 2.75) is 13.0 Å². The Morgan fingerprint density at radius 3 is 2.82 bits per heavy atom. The van der Waals surface area contributed by atoms with Gasteiger partial charge in [0.1, 0.15) is 6.61 Å². The molecule has 1 N–H and O–H groups in total. The van der Waals surface area contributed by atoms with Crippen molar-refractivity contribution < 1.29 is 19.2 Å². The SMILES string of the molecule is Cc1cc(OCC(O)CBr)c(F)cc1[N+](=O)[O-]. The van der Waals surface area contributed by atoms with Crippen LogP contribution in [0.4, 0.5) is 10.1 Å². The predicted octanol–water partition coefficient (Wildman–Crippen LogP) is 2.18. The number of benzene rings is 1. The second-order valence-electron chi connectivity index (χ2n) is 3.45. The van der Waals surface area contributed by atoms with Crippen molar-refractivity contribution in [1.29, 1.82) is 0 Å². The summed E-state index contributed by atoms with van der Waals surface area (Å²) in [6, 6.07) is 2.06. The van der Waals surface area contributed by atoms with E-state index in [2.05, 4.69) is 15.9 Å².